The minimum absolute atomic E-state index is 0.0528. The molecule has 21 heavy (non-hydrogen) atoms. The lowest BCUT2D eigenvalue weighted by Crippen LogP contribution is -2.13. The van der Waals surface area contributed by atoms with Gasteiger partial charge in [0.15, 0.2) is 0 Å². The molecule has 0 atom stereocenters. The van der Waals surface area contributed by atoms with Crippen LogP contribution in [-0.4, -0.2) is 5.91 Å². The van der Waals surface area contributed by atoms with Crippen LogP contribution in [0.3, 0.4) is 0 Å². The highest BCUT2D eigenvalue weighted by molar-refractivity contribution is 6.43. The molecule has 0 unspecified atom stereocenters. The van der Waals surface area contributed by atoms with Crippen molar-refractivity contribution >= 4 is 40.9 Å². The molecule has 1 N–H and O–H groups in total. The van der Waals surface area contributed by atoms with Crippen LogP contribution in [0.5, 0.6) is 0 Å². The van der Waals surface area contributed by atoms with Gasteiger partial charge in [-0.2, -0.15) is 5.26 Å². The van der Waals surface area contributed by atoms with Crippen molar-refractivity contribution in [3.8, 4) is 6.07 Å². The average Bonchev–Trinajstić information content (AvgIpc) is 2.49. The van der Waals surface area contributed by atoms with Gasteiger partial charge in [-0.25, -0.2) is 0 Å². The summed E-state index contributed by atoms with van der Waals surface area (Å²) in [5.41, 5.74) is 1.08. The first-order valence-electron chi connectivity index (χ1n) is 6.04. The molecule has 0 fully saturated rings. The lowest BCUT2D eigenvalue weighted by atomic mass is 10.1. The number of rotatable bonds is 3. The van der Waals surface area contributed by atoms with Crippen molar-refractivity contribution in [2.24, 2.45) is 0 Å². The number of para-hydroxylation sites is 1. The quantitative estimate of drug-likeness (QED) is 0.667. The minimum Gasteiger partial charge on any atom is -0.321 e. The monoisotopic (exact) mass is 316 g/mol. The smallest absolute Gasteiger partial charge is 0.266 e. The van der Waals surface area contributed by atoms with Gasteiger partial charge in [-0.05, 0) is 29.8 Å². The fourth-order valence-corrected chi connectivity index (χ4v) is 2.02. The molecule has 0 bridgehead atoms. The standard InChI is InChI=1S/C16H10Cl2N2O/c17-14-8-4-5-11(15(14)18)9-12(10-19)16(21)20-13-6-2-1-3-7-13/h1-9H,(H,20,21)/b12-9+. The number of halogens is 2. The van der Waals surface area contributed by atoms with Crippen molar-refractivity contribution in [3.05, 3.63) is 69.7 Å². The normalized spacial score (nSPS) is 10.8. The summed E-state index contributed by atoms with van der Waals surface area (Å²) < 4.78 is 0. The van der Waals surface area contributed by atoms with Gasteiger partial charge < -0.3 is 5.32 Å². The van der Waals surface area contributed by atoms with E-state index in [2.05, 4.69) is 5.32 Å². The molecule has 0 spiro atoms. The van der Waals surface area contributed by atoms with Gasteiger partial charge in [-0.3, -0.25) is 4.79 Å². The molecule has 2 aromatic carbocycles. The SMILES string of the molecule is N#C/C(=C\c1cccc(Cl)c1Cl)C(=O)Nc1ccccc1. The highest BCUT2D eigenvalue weighted by Gasteiger charge is 2.11. The topological polar surface area (TPSA) is 52.9 Å². The fourth-order valence-electron chi connectivity index (χ4n) is 1.66. The van der Waals surface area contributed by atoms with E-state index in [4.69, 9.17) is 28.5 Å². The largest absolute Gasteiger partial charge is 0.321 e. The zero-order valence-electron chi connectivity index (χ0n) is 10.8. The van der Waals surface area contributed by atoms with Crippen LogP contribution in [0.25, 0.3) is 6.08 Å². The molecule has 0 saturated heterocycles. The highest BCUT2D eigenvalue weighted by atomic mass is 35.5. The third-order valence-corrected chi connectivity index (χ3v) is 3.51. The Bertz CT molecular complexity index is 734. The Hall–Kier alpha value is -2.28. The van der Waals surface area contributed by atoms with Crippen LogP contribution in [0, 0.1) is 11.3 Å². The fraction of sp³-hybridized carbons (Fsp3) is 0. The number of carbonyl (C=O) groups is 1. The third kappa shape index (κ3) is 3.85. The van der Waals surface area contributed by atoms with E-state index in [-0.39, 0.29) is 5.57 Å². The molecule has 0 aliphatic heterocycles. The van der Waals surface area contributed by atoms with Crippen LogP contribution in [-0.2, 0) is 4.79 Å². The van der Waals surface area contributed by atoms with Crippen molar-refractivity contribution in [1.29, 1.82) is 5.26 Å². The maximum atomic E-state index is 12.1. The molecule has 3 nitrogen and oxygen atoms in total. The van der Waals surface area contributed by atoms with Crippen molar-refractivity contribution in [3.63, 3.8) is 0 Å². The van der Waals surface area contributed by atoms with Crippen LogP contribution in [0.4, 0.5) is 5.69 Å². The van der Waals surface area contributed by atoms with Crippen LogP contribution in [0.2, 0.25) is 10.0 Å². The number of nitrogens with zero attached hydrogens (tertiary/aromatic N) is 1. The first-order chi connectivity index (χ1) is 10.1. The molecule has 5 heteroatoms. The number of nitrogens with one attached hydrogen (secondary N) is 1. The predicted octanol–water partition coefficient (Wildman–Crippen LogP) is 4.54. The number of nitriles is 1. The van der Waals surface area contributed by atoms with Gasteiger partial charge in [0.1, 0.15) is 11.6 Å². The molecule has 104 valence electrons. The highest BCUT2D eigenvalue weighted by Crippen LogP contribution is 2.27. The predicted molar refractivity (Wildman–Crippen MR) is 85.1 cm³/mol. The summed E-state index contributed by atoms with van der Waals surface area (Å²) in [4.78, 5) is 12.1. The Morgan fingerprint density at radius 2 is 1.81 bits per heavy atom. The van der Waals surface area contributed by atoms with Crippen molar-refractivity contribution in [1.82, 2.24) is 0 Å². The van der Waals surface area contributed by atoms with Gasteiger partial charge in [0, 0.05) is 5.69 Å². The maximum absolute atomic E-state index is 12.1. The van der Waals surface area contributed by atoms with E-state index in [1.165, 1.54) is 6.08 Å². The van der Waals surface area contributed by atoms with Gasteiger partial charge in [-0.1, -0.05) is 53.5 Å². The molecule has 2 aromatic rings. The number of benzene rings is 2. The van der Waals surface area contributed by atoms with Crippen molar-refractivity contribution < 1.29 is 4.79 Å². The Balaban J connectivity index is 2.27. The van der Waals surface area contributed by atoms with Gasteiger partial charge in [0.25, 0.3) is 5.91 Å². The van der Waals surface area contributed by atoms with Gasteiger partial charge in [0.05, 0.1) is 10.0 Å². The average molecular weight is 317 g/mol. The first kappa shape index (κ1) is 15.1. The lowest BCUT2D eigenvalue weighted by Gasteiger charge is -2.05. The van der Waals surface area contributed by atoms with Gasteiger partial charge in [0.2, 0.25) is 0 Å². The Morgan fingerprint density at radius 3 is 2.48 bits per heavy atom. The van der Waals surface area contributed by atoms with Crippen molar-refractivity contribution in [2.75, 3.05) is 5.32 Å². The van der Waals surface area contributed by atoms with Crippen LogP contribution in [0.1, 0.15) is 5.56 Å². The minimum atomic E-state index is -0.500. The second kappa shape index (κ2) is 6.94. The van der Waals surface area contributed by atoms with Gasteiger partial charge in [-0.15, -0.1) is 0 Å². The number of hydrogen-bond acceptors (Lipinski definition) is 2. The second-order valence-corrected chi connectivity index (χ2v) is 4.92. The summed E-state index contributed by atoms with van der Waals surface area (Å²) in [6.07, 6.45) is 1.41. The van der Waals surface area contributed by atoms with E-state index in [9.17, 15) is 4.79 Å². The zero-order valence-corrected chi connectivity index (χ0v) is 12.3. The molecule has 0 heterocycles. The van der Waals surface area contributed by atoms with E-state index >= 15 is 0 Å². The van der Waals surface area contributed by atoms with E-state index in [0.29, 0.717) is 21.3 Å². The molecular weight excluding hydrogens is 307 g/mol. The summed E-state index contributed by atoms with van der Waals surface area (Å²) in [6.45, 7) is 0. The summed E-state index contributed by atoms with van der Waals surface area (Å²) in [5.74, 6) is -0.500. The molecular formula is C16H10Cl2N2O. The zero-order chi connectivity index (χ0) is 15.2. The Morgan fingerprint density at radius 1 is 1.10 bits per heavy atom. The molecule has 0 radical (unpaired) electrons. The summed E-state index contributed by atoms with van der Waals surface area (Å²) in [5, 5.41) is 12.5. The van der Waals surface area contributed by atoms with E-state index in [1.807, 2.05) is 12.1 Å². The first-order valence-corrected chi connectivity index (χ1v) is 6.79. The lowest BCUT2D eigenvalue weighted by molar-refractivity contribution is -0.112. The number of hydrogen-bond donors (Lipinski definition) is 1. The Labute approximate surface area is 132 Å². The van der Waals surface area contributed by atoms with Crippen LogP contribution >= 0.6 is 23.2 Å². The molecule has 0 saturated carbocycles. The van der Waals surface area contributed by atoms with Gasteiger partial charge >= 0.3 is 0 Å². The van der Waals surface area contributed by atoms with E-state index < -0.39 is 5.91 Å². The molecule has 2 rings (SSSR count). The molecule has 0 aliphatic carbocycles. The second-order valence-electron chi connectivity index (χ2n) is 4.13. The molecule has 0 aromatic heterocycles. The molecule has 0 aliphatic rings. The summed E-state index contributed by atoms with van der Waals surface area (Å²) in [7, 11) is 0. The number of anilines is 1. The van der Waals surface area contributed by atoms with Crippen molar-refractivity contribution in [2.45, 2.75) is 0 Å². The summed E-state index contributed by atoms with van der Waals surface area (Å²) in [6, 6.07) is 15.8. The van der Waals surface area contributed by atoms with E-state index in [0.717, 1.165) is 0 Å². The summed E-state index contributed by atoms with van der Waals surface area (Å²) >= 11 is 11.9. The van der Waals surface area contributed by atoms with E-state index in [1.54, 1.807) is 42.5 Å². The third-order valence-electron chi connectivity index (χ3n) is 2.68. The maximum Gasteiger partial charge on any atom is 0.266 e. The van der Waals surface area contributed by atoms with Crippen LogP contribution in [0.15, 0.2) is 54.1 Å². The number of amides is 1. The Kier molecular flexibility index (Phi) is 4.99. The number of carbonyl (C=O) groups excluding carboxylic acids is 1. The van der Waals surface area contributed by atoms with Crippen LogP contribution < -0.4 is 5.32 Å². The molecule has 1 amide bonds.